The lowest BCUT2D eigenvalue weighted by Crippen LogP contribution is -2.47. The highest BCUT2D eigenvalue weighted by atomic mass is 15.1. The van der Waals surface area contributed by atoms with Crippen molar-refractivity contribution in [2.45, 2.75) is 65.2 Å². The van der Waals surface area contributed by atoms with Crippen molar-refractivity contribution in [3.63, 3.8) is 0 Å². The van der Waals surface area contributed by atoms with Gasteiger partial charge < -0.3 is 0 Å². The Morgan fingerprint density at radius 3 is 2.82 bits per heavy atom. The van der Waals surface area contributed by atoms with E-state index in [-0.39, 0.29) is 5.41 Å². The fourth-order valence-corrected chi connectivity index (χ4v) is 6.43. The smallest absolute Gasteiger partial charge is 0.0372 e. The molecule has 0 saturated heterocycles. The summed E-state index contributed by atoms with van der Waals surface area (Å²) in [6.45, 7) is 4.96. The van der Waals surface area contributed by atoms with Gasteiger partial charge in [0, 0.05) is 10.6 Å². The fourth-order valence-electron chi connectivity index (χ4n) is 6.43. The Labute approximate surface area is 133 Å². The van der Waals surface area contributed by atoms with Crippen LogP contribution in [-0.2, 0) is 0 Å². The summed E-state index contributed by atoms with van der Waals surface area (Å²) >= 11 is 0. The van der Waals surface area contributed by atoms with Gasteiger partial charge in [0.2, 0.25) is 0 Å². The third-order valence-electron chi connectivity index (χ3n) is 7.57. The first-order chi connectivity index (χ1) is 10.6. The molecule has 0 aromatic carbocycles. The number of nitrogens with zero attached hydrogens (tertiary/aromatic N) is 3. The second-order valence-corrected chi connectivity index (χ2v) is 8.54. The zero-order valence-corrected chi connectivity index (χ0v) is 13.9. The number of fused-ring (bicyclic) bond motifs is 5. The van der Waals surface area contributed by atoms with Crippen LogP contribution in [0.15, 0.2) is 28.5 Å². The largest absolute Gasteiger partial charge is 0.0803 e. The molecule has 0 heterocycles. The number of hydrogen-bond donors (Lipinski definition) is 0. The van der Waals surface area contributed by atoms with Crippen LogP contribution in [0.25, 0.3) is 10.4 Å². The van der Waals surface area contributed by atoms with Gasteiger partial charge in [-0.25, -0.2) is 0 Å². The summed E-state index contributed by atoms with van der Waals surface area (Å²) in [5.41, 5.74) is 12.1. The summed E-state index contributed by atoms with van der Waals surface area (Å²) in [5, 5.41) is 4.11. The minimum Gasteiger partial charge on any atom is -0.0803 e. The van der Waals surface area contributed by atoms with E-state index < -0.39 is 0 Å². The molecule has 0 aliphatic heterocycles. The number of allylic oxidation sites excluding steroid dienone is 3. The van der Waals surface area contributed by atoms with Crippen LogP contribution in [0.4, 0.5) is 0 Å². The van der Waals surface area contributed by atoms with Crippen LogP contribution >= 0.6 is 0 Å². The first kappa shape index (κ1) is 14.4. The molecule has 4 aliphatic carbocycles. The highest BCUT2D eigenvalue weighted by Crippen LogP contribution is 2.64. The Balaban J connectivity index is 1.84. The minimum atomic E-state index is 0.241. The molecule has 0 radical (unpaired) electrons. The monoisotopic (exact) mass is 297 g/mol. The summed E-state index contributed by atoms with van der Waals surface area (Å²) in [7, 11) is 0. The van der Waals surface area contributed by atoms with E-state index in [1.54, 1.807) is 0 Å². The van der Waals surface area contributed by atoms with Crippen LogP contribution in [0.1, 0.15) is 65.2 Å². The van der Waals surface area contributed by atoms with Gasteiger partial charge in [-0.2, -0.15) is 0 Å². The molecule has 0 spiro atoms. The van der Waals surface area contributed by atoms with Gasteiger partial charge >= 0.3 is 0 Å². The average Bonchev–Trinajstić information content (AvgIpc) is 2.89. The molecule has 22 heavy (non-hydrogen) atoms. The molecule has 4 aliphatic rings. The van der Waals surface area contributed by atoms with Gasteiger partial charge in [0.15, 0.2) is 0 Å². The zero-order chi connectivity index (χ0) is 15.4. The Morgan fingerprint density at radius 1 is 1.14 bits per heavy atom. The van der Waals surface area contributed by atoms with E-state index in [9.17, 15) is 0 Å². The second kappa shape index (κ2) is 4.89. The molecule has 2 fully saturated rings. The maximum Gasteiger partial charge on any atom is 0.0372 e. The highest BCUT2D eigenvalue weighted by molar-refractivity contribution is 5.42. The van der Waals surface area contributed by atoms with Crippen LogP contribution in [0, 0.1) is 28.6 Å². The van der Waals surface area contributed by atoms with Crippen molar-refractivity contribution in [2.24, 2.45) is 33.7 Å². The number of hydrogen-bond acceptors (Lipinski definition) is 1. The molecule has 4 rings (SSSR count). The zero-order valence-electron chi connectivity index (χ0n) is 13.9. The van der Waals surface area contributed by atoms with Gasteiger partial charge in [0.25, 0.3) is 0 Å². The topological polar surface area (TPSA) is 48.8 Å². The van der Waals surface area contributed by atoms with E-state index in [1.165, 1.54) is 50.5 Å². The Hall–Kier alpha value is -1.21. The van der Waals surface area contributed by atoms with Gasteiger partial charge in [-0.15, -0.1) is 0 Å². The van der Waals surface area contributed by atoms with Gasteiger partial charge in [0.1, 0.15) is 0 Å². The second-order valence-electron chi connectivity index (χ2n) is 8.54. The fraction of sp³-hybridized carbons (Fsp3) is 0.789. The summed E-state index contributed by atoms with van der Waals surface area (Å²) in [4.78, 5) is 3.14. The molecule has 2 saturated carbocycles. The summed E-state index contributed by atoms with van der Waals surface area (Å²) in [5.74, 6) is 2.19. The van der Waals surface area contributed by atoms with E-state index in [0.29, 0.717) is 11.3 Å². The average molecular weight is 297 g/mol. The molecule has 0 aromatic rings. The Kier molecular flexibility index (Phi) is 3.20. The summed E-state index contributed by atoms with van der Waals surface area (Å²) in [6, 6.07) is 0. The summed E-state index contributed by atoms with van der Waals surface area (Å²) < 4.78 is 0. The van der Waals surface area contributed by atoms with Gasteiger partial charge in [-0.1, -0.05) is 37.5 Å². The minimum absolute atomic E-state index is 0.241. The molecule has 3 nitrogen and oxygen atoms in total. The molecule has 0 aromatic heterocycles. The van der Waals surface area contributed by atoms with Gasteiger partial charge in [0.05, 0.1) is 0 Å². The van der Waals surface area contributed by atoms with Crippen LogP contribution < -0.4 is 0 Å². The molecular weight excluding hydrogens is 270 g/mol. The van der Waals surface area contributed by atoms with Crippen molar-refractivity contribution < 1.29 is 0 Å². The van der Waals surface area contributed by atoms with Crippen LogP contribution in [0.5, 0.6) is 0 Å². The SMILES string of the molecule is C[C@@]12CCC[C@H]1[C@@H]1C=C(N=[N+]=[N-])C3=CCCC[C@]3(C)[C@H]1CC2. The van der Waals surface area contributed by atoms with Crippen molar-refractivity contribution in [3.8, 4) is 0 Å². The van der Waals surface area contributed by atoms with Crippen LogP contribution in [0.2, 0.25) is 0 Å². The molecule has 0 bridgehead atoms. The third-order valence-corrected chi connectivity index (χ3v) is 7.57. The summed E-state index contributed by atoms with van der Waals surface area (Å²) in [6.07, 6.45) is 15.3. The highest BCUT2D eigenvalue weighted by Gasteiger charge is 2.55. The first-order valence-corrected chi connectivity index (χ1v) is 9.06. The maximum absolute atomic E-state index is 9.02. The standard InChI is InChI=1S/C19H27N3/c1-18-9-5-7-14(18)13-12-17(21-22-20)16-6-3-4-10-19(16,2)15(13)8-11-18/h6,12-15H,3-5,7-11H2,1-2H3/t13-,14-,15-,18-,19+/m0/s1. The van der Waals surface area contributed by atoms with Crippen molar-refractivity contribution in [2.75, 3.05) is 0 Å². The lowest BCUT2D eigenvalue weighted by molar-refractivity contribution is 0.00328. The predicted octanol–water partition coefficient (Wildman–Crippen LogP) is 6.14. The van der Waals surface area contributed by atoms with Crippen LogP contribution in [-0.4, -0.2) is 0 Å². The van der Waals surface area contributed by atoms with Crippen molar-refractivity contribution in [1.82, 2.24) is 0 Å². The van der Waals surface area contributed by atoms with E-state index >= 15 is 0 Å². The van der Waals surface area contributed by atoms with E-state index in [1.807, 2.05) is 0 Å². The predicted molar refractivity (Wildman–Crippen MR) is 88.9 cm³/mol. The molecule has 3 heteroatoms. The third kappa shape index (κ3) is 1.84. The van der Waals surface area contributed by atoms with E-state index in [0.717, 1.165) is 24.0 Å². The molecule has 0 amide bonds. The van der Waals surface area contributed by atoms with Crippen molar-refractivity contribution in [3.05, 3.63) is 33.9 Å². The lowest BCUT2D eigenvalue weighted by Gasteiger charge is -2.56. The molecule has 5 atom stereocenters. The molecule has 0 N–H and O–H groups in total. The Morgan fingerprint density at radius 2 is 2.00 bits per heavy atom. The van der Waals surface area contributed by atoms with Gasteiger partial charge in [-0.3, -0.25) is 0 Å². The maximum atomic E-state index is 9.02. The number of rotatable bonds is 1. The van der Waals surface area contributed by atoms with Crippen molar-refractivity contribution >= 4 is 0 Å². The molecule has 118 valence electrons. The number of azide groups is 1. The van der Waals surface area contributed by atoms with E-state index in [2.05, 4.69) is 36.0 Å². The van der Waals surface area contributed by atoms with E-state index in [4.69, 9.17) is 5.53 Å². The lowest BCUT2D eigenvalue weighted by atomic mass is 9.49. The molecule has 0 unspecified atom stereocenters. The molecular formula is C19H27N3. The Bertz CT molecular complexity index is 598. The van der Waals surface area contributed by atoms with Gasteiger partial charge in [-0.05, 0) is 84.6 Å². The van der Waals surface area contributed by atoms with Crippen LogP contribution in [0.3, 0.4) is 0 Å². The normalized spacial score (nSPS) is 46.5. The quantitative estimate of drug-likeness (QED) is 0.317. The first-order valence-electron chi connectivity index (χ1n) is 9.06. The van der Waals surface area contributed by atoms with Crippen molar-refractivity contribution in [1.29, 1.82) is 0 Å².